The molecule has 18 heavy (non-hydrogen) atoms. The third kappa shape index (κ3) is 3.55. The number of rotatable bonds is 3. The Morgan fingerprint density at radius 3 is 2.33 bits per heavy atom. The highest BCUT2D eigenvalue weighted by molar-refractivity contribution is 9.10. The highest BCUT2D eigenvalue weighted by Gasteiger charge is 2.14. The first-order chi connectivity index (χ1) is 8.81. The van der Waals surface area contributed by atoms with E-state index in [9.17, 15) is 0 Å². The lowest BCUT2D eigenvalue weighted by Crippen LogP contribution is -2.22. The van der Waals surface area contributed by atoms with E-state index in [2.05, 4.69) is 36.6 Å². The highest BCUT2D eigenvalue weighted by atomic mass is 79.9. The second-order valence-electron chi connectivity index (χ2n) is 4.72. The zero-order valence-corrected chi connectivity index (χ0v) is 12.0. The van der Waals surface area contributed by atoms with Crippen LogP contribution in [0.15, 0.2) is 10.8 Å². The standard InChI is InChI=1S/C12H20BrN5/c13-10-11(15-8-16-12(10)18-14)17-9-6-4-2-1-3-5-7-9/h8-9H,1-7,14H2,(H2,15,16,17,18). The van der Waals surface area contributed by atoms with Crippen molar-refractivity contribution in [3.8, 4) is 0 Å². The van der Waals surface area contributed by atoms with Crippen molar-refractivity contribution in [1.82, 2.24) is 9.97 Å². The summed E-state index contributed by atoms with van der Waals surface area (Å²) in [7, 11) is 0. The number of nitrogen functional groups attached to an aromatic ring is 1. The molecular weight excluding hydrogens is 294 g/mol. The molecule has 100 valence electrons. The van der Waals surface area contributed by atoms with Gasteiger partial charge in [-0.3, -0.25) is 0 Å². The van der Waals surface area contributed by atoms with Gasteiger partial charge in [0, 0.05) is 6.04 Å². The van der Waals surface area contributed by atoms with Crippen molar-refractivity contribution in [2.75, 3.05) is 10.7 Å². The van der Waals surface area contributed by atoms with Crippen LogP contribution in [-0.2, 0) is 0 Å². The van der Waals surface area contributed by atoms with E-state index >= 15 is 0 Å². The number of hydrogen-bond donors (Lipinski definition) is 3. The molecular formula is C12H20BrN5. The Labute approximate surface area is 116 Å². The number of halogens is 1. The maximum Gasteiger partial charge on any atom is 0.159 e. The van der Waals surface area contributed by atoms with Crippen LogP contribution in [0.25, 0.3) is 0 Å². The third-order valence-electron chi connectivity index (χ3n) is 3.37. The van der Waals surface area contributed by atoms with Crippen molar-refractivity contribution in [2.24, 2.45) is 5.84 Å². The number of aromatic nitrogens is 2. The van der Waals surface area contributed by atoms with E-state index < -0.39 is 0 Å². The Hall–Kier alpha value is -0.880. The van der Waals surface area contributed by atoms with Crippen LogP contribution in [0.4, 0.5) is 11.6 Å². The molecule has 0 saturated heterocycles. The number of nitrogens with zero attached hydrogens (tertiary/aromatic N) is 2. The lowest BCUT2D eigenvalue weighted by atomic mass is 9.97. The van der Waals surface area contributed by atoms with E-state index in [1.54, 1.807) is 0 Å². The first-order valence-corrected chi connectivity index (χ1v) is 7.34. The van der Waals surface area contributed by atoms with Gasteiger partial charge in [-0.15, -0.1) is 0 Å². The summed E-state index contributed by atoms with van der Waals surface area (Å²) in [6.45, 7) is 0. The topological polar surface area (TPSA) is 75.9 Å². The minimum atomic E-state index is 0.502. The quantitative estimate of drug-likeness (QED) is 0.590. The maximum absolute atomic E-state index is 5.40. The largest absolute Gasteiger partial charge is 0.366 e. The van der Waals surface area contributed by atoms with Crippen molar-refractivity contribution in [2.45, 2.75) is 51.0 Å². The number of nitrogens with one attached hydrogen (secondary N) is 2. The van der Waals surface area contributed by atoms with Crippen LogP contribution in [-0.4, -0.2) is 16.0 Å². The SMILES string of the molecule is NNc1ncnc(NC2CCCCCCC2)c1Br. The summed E-state index contributed by atoms with van der Waals surface area (Å²) >= 11 is 3.47. The van der Waals surface area contributed by atoms with Crippen LogP contribution >= 0.6 is 15.9 Å². The molecule has 1 saturated carbocycles. The fraction of sp³-hybridized carbons (Fsp3) is 0.667. The van der Waals surface area contributed by atoms with Crippen molar-refractivity contribution >= 4 is 27.6 Å². The van der Waals surface area contributed by atoms with E-state index in [1.165, 1.54) is 51.3 Å². The van der Waals surface area contributed by atoms with Gasteiger partial charge < -0.3 is 10.7 Å². The van der Waals surface area contributed by atoms with Gasteiger partial charge in [0.2, 0.25) is 0 Å². The molecule has 6 heteroatoms. The summed E-state index contributed by atoms with van der Waals surface area (Å²) in [6, 6.07) is 0.502. The van der Waals surface area contributed by atoms with Gasteiger partial charge in [-0.25, -0.2) is 15.8 Å². The Morgan fingerprint density at radius 1 is 1.06 bits per heavy atom. The van der Waals surface area contributed by atoms with Crippen LogP contribution in [0.3, 0.4) is 0 Å². The van der Waals surface area contributed by atoms with Gasteiger partial charge in [0.25, 0.3) is 0 Å². The van der Waals surface area contributed by atoms with Gasteiger partial charge in [-0.1, -0.05) is 32.1 Å². The van der Waals surface area contributed by atoms with E-state index in [1.807, 2.05) is 0 Å². The molecule has 1 aliphatic carbocycles. The number of nitrogens with two attached hydrogens (primary N) is 1. The van der Waals surface area contributed by atoms with Crippen molar-refractivity contribution < 1.29 is 0 Å². The molecule has 1 fully saturated rings. The van der Waals surface area contributed by atoms with Gasteiger partial charge in [-0.05, 0) is 28.8 Å². The van der Waals surface area contributed by atoms with E-state index in [-0.39, 0.29) is 0 Å². The molecule has 4 N–H and O–H groups in total. The van der Waals surface area contributed by atoms with Crippen molar-refractivity contribution in [1.29, 1.82) is 0 Å². The highest BCUT2D eigenvalue weighted by Crippen LogP contribution is 2.28. The summed E-state index contributed by atoms with van der Waals surface area (Å²) in [6.07, 6.45) is 10.6. The molecule has 1 aromatic heterocycles. The van der Waals surface area contributed by atoms with E-state index in [0.29, 0.717) is 11.9 Å². The summed E-state index contributed by atoms with van der Waals surface area (Å²) in [5, 5.41) is 3.50. The maximum atomic E-state index is 5.40. The molecule has 0 aromatic carbocycles. The van der Waals surface area contributed by atoms with Crippen LogP contribution in [0.5, 0.6) is 0 Å². The normalized spacial score (nSPS) is 17.9. The zero-order chi connectivity index (χ0) is 12.8. The Balaban J connectivity index is 2.03. The number of hydrogen-bond acceptors (Lipinski definition) is 5. The average Bonchev–Trinajstić information content (AvgIpc) is 2.34. The number of anilines is 2. The smallest absolute Gasteiger partial charge is 0.159 e. The molecule has 5 nitrogen and oxygen atoms in total. The molecule has 1 aromatic rings. The molecule has 0 aliphatic heterocycles. The monoisotopic (exact) mass is 313 g/mol. The first-order valence-electron chi connectivity index (χ1n) is 6.55. The third-order valence-corrected chi connectivity index (χ3v) is 4.12. The van der Waals surface area contributed by atoms with Crippen molar-refractivity contribution in [3.05, 3.63) is 10.8 Å². The second kappa shape index (κ2) is 6.89. The summed E-state index contributed by atoms with van der Waals surface area (Å²) < 4.78 is 0.801. The number of hydrazine groups is 1. The van der Waals surface area contributed by atoms with Crippen LogP contribution in [0.1, 0.15) is 44.9 Å². The second-order valence-corrected chi connectivity index (χ2v) is 5.51. The van der Waals surface area contributed by atoms with Crippen LogP contribution in [0, 0.1) is 0 Å². The molecule has 0 atom stereocenters. The predicted molar refractivity (Wildman–Crippen MR) is 77.3 cm³/mol. The summed E-state index contributed by atoms with van der Waals surface area (Å²) in [5.41, 5.74) is 2.56. The summed E-state index contributed by atoms with van der Waals surface area (Å²) in [5.74, 6) is 6.83. The summed E-state index contributed by atoms with van der Waals surface area (Å²) in [4.78, 5) is 8.32. The van der Waals surface area contributed by atoms with Gasteiger partial charge in [0.1, 0.15) is 16.6 Å². The van der Waals surface area contributed by atoms with Crippen molar-refractivity contribution in [3.63, 3.8) is 0 Å². The zero-order valence-electron chi connectivity index (χ0n) is 10.5. The fourth-order valence-corrected chi connectivity index (χ4v) is 2.80. The molecule has 1 heterocycles. The molecule has 1 aliphatic rings. The van der Waals surface area contributed by atoms with Crippen LogP contribution < -0.4 is 16.6 Å². The molecule has 2 rings (SSSR count). The molecule has 0 spiro atoms. The predicted octanol–water partition coefficient (Wildman–Crippen LogP) is 3.05. The van der Waals surface area contributed by atoms with Crippen LogP contribution in [0.2, 0.25) is 0 Å². The van der Waals surface area contributed by atoms with E-state index in [4.69, 9.17) is 5.84 Å². The Kier molecular flexibility index (Phi) is 5.19. The van der Waals surface area contributed by atoms with Gasteiger partial charge in [0.15, 0.2) is 5.82 Å². The van der Waals surface area contributed by atoms with Gasteiger partial charge in [-0.2, -0.15) is 0 Å². The Morgan fingerprint density at radius 2 is 1.67 bits per heavy atom. The first kappa shape index (κ1) is 13.5. The van der Waals surface area contributed by atoms with E-state index in [0.717, 1.165) is 10.3 Å². The molecule has 0 bridgehead atoms. The lowest BCUT2D eigenvalue weighted by Gasteiger charge is -2.22. The lowest BCUT2D eigenvalue weighted by molar-refractivity contribution is 0.470. The average molecular weight is 314 g/mol. The van der Waals surface area contributed by atoms with Gasteiger partial charge >= 0.3 is 0 Å². The minimum absolute atomic E-state index is 0.502. The molecule has 0 unspecified atom stereocenters. The molecule has 0 radical (unpaired) electrons. The minimum Gasteiger partial charge on any atom is -0.366 e. The molecule has 0 amide bonds. The van der Waals surface area contributed by atoms with Gasteiger partial charge in [0.05, 0.1) is 0 Å². The fourth-order valence-electron chi connectivity index (χ4n) is 2.36. The Bertz CT molecular complexity index is 377.